The van der Waals surface area contributed by atoms with Crippen molar-refractivity contribution in [1.29, 1.82) is 0 Å². The van der Waals surface area contributed by atoms with Crippen molar-refractivity contribution in [2.75, 3.05) is 23.4 Å². The molecule has 1 fully saturated rings. The molecule has 6 heteroatoms. The Bertz CT molecular complexity index is 892. The molecule has 3 rings (SSSR count). The minimum atomic E-state index is -0.388. The number of nitrogens with zero attached hydrogens (tertiary/aromatic N) is 1. The number of aryl methyl sites for hydroxylation is 1. The first-order valence-electron chi connectivity index (χ1n) is 8.99. The minimum absolute atomic E-state index is 0.0814. The van der Waals surface area contributed by atoms with E-state index in [9.17, 15) is 14.4 Å². The van der Waals surface area contributed by atoms with E-state index in [1.807, 2.05) is 13.0 Å². The zero-order chi connectivity index (χ0) is 19.4. The molecule has 6 nitrogen and oxygen atoms in total. The summed E-state index contributed by atoms with van der Waals surface area (Å²) in [7, 11) is 0. The molecule has 0 saturated carbocycles. The van der Waals surface area contributed by atoms with Crippen LogP contribution in [0.1, 0.15) is 46.0 Å². The molecule has 2 aromatic rings. The Morgan fingerprint density at radius 3 is 2.63 bits per heavy atom. The number of esters is 1. The predicted octanol–water partition coefficient (Wildman–Crippen LogP) is 3.55. The zero-order valence-electron chi connectivity index (χ0n) is 15.5. The van der Waals surface area contributed by atoms with Crippen LogP contribution in [0, 0.1) is 6.92 Å². The Hall–Kier alpha value is -3.15. The van der Waals surface area contributed by atoms with Crippen LogP contribution in [0.5, 0.6) is 0 Å². The molecule has 0 spiro atoms. The van der Waals surface area contributed by atoms with Gasteiger partial charge in [0, 0.05) is 29.9 Å². The van der Waals surface area contributed by atoms with Gasteiger partial charge in [-0.3, -0.25) is 9.59 Å². The summed E-state index contributed by atoms with van der Waals surface area (Å²) in [6, 6.07) is 12.0. The summed E-state index contributed by atoms with van der Waals surface area (Å²) < 4.78 is 4.99. The fourth-order valence-corrected chi connectivity index (χ4v) is 3.08. The Balaban J connectivity index is 1.76. The van der Waals surface area contributed by atoms with Crippen molar-refractivity contribution < 1.29 is 19.1 Å². The third-order valence-corrected chi connectivity index (χ3v) is 4.48. The van der Waals surface area contributed by atoms with Gasteiger partial charge in [-0.25, -0.2) is 4.79 Å². The summed E-state index contributed by atoms with van der Waals surface area (Å²) in [5, 5.41) is 2.86. The first-order chi connectivity index (χ1) is 13.0. The van der Waals surface area contributed by atoms with Crippen LogP contribution < -0.4 is 10.2 Å². The van der Waals surface area contributed by atoms with E-state index in [4.69, 9.17) is 4.74 Å². The van der Waals surface area contributed by atoms with E-state index in [0.717, 1.165) is 17.7 Å². The highest BCUT2D eigenvalue weighted by Gasteiger charge is 2.22. The smallest absolute Gasteiger partial charge is 0.338 e. The summed E-state index contributed by atoms with van der Waals surface area (Å²) in [5.41, 5.74) is 3.04. The molecule has 0 aliphatic carbocycles. The normalized spacial score (nSPS) is 13.6. The van der Waals surface area contributed by atoms with E-state index in [1.54, 1.807) is 48.2 Å². The van der Waals surface area contributed by atoms with Crippen LogP contribution >= 0.6 is 0 Å². The Morgan fingerprint density at radius 2 is 1.96 bits per heavy atom. The second-order valence-electron chi connectivity index (χ2n) is 6.40. The molecule has 0 bridgehead atoms. The van der Waals surface area contributed by atoms with Crippen molar-refractivity contribution in [2.24, 2.45) is 0 Å². The fraction of sp³-hybridized carbons (Fsp3) is 0.286. The van der Waals surface area contributed by atoms with Gasteiger partial charge < -0.3 is 15.0 Å². The number of rotatable bonds is 5. The van der Waals surface area contributed by atoms with E-state index in [0.29, 0.717) is 36.4 Å². The number of benzene rings is 2. The quantitative estimate of drug-likeness (QED) is 0.821. The van der Waals surface area contributed by atoms with Gasteiger partial charge in [0.05, 0.1) is 12.2 Å². The molecule has 2 aromatic carbocycles. The maximum Gasteiger partial charge on any atom is 0.338 e. The monoisotopic (exact) mass is 366 g/mol. The first kappa shape index (κ1) is 18.6. The zero-order valence-corrected chi connectivity index (χ0v) is 15.5. The number of hydrogen-bond acceptors (Lipinski definition) is 4. The largest absolute Gasteiger partial charge is 0.462 e. The summed E-state index contributed by atoms with van der Waals surface area (Å²) >= 11 is 0. The number of anilines is 2. The highest BCUT2D eigenvalue weighted by atomic mass is 16.5. The number of amides is 2. The van der Waals surface area contributed by atoms with Crippen molar-refractivity contribution in [3.63, 3.8) is 0 Å². The lowest BCUT2D eigenvalue weighted by atomic mass is 10.1. The predicted molar refractivity (Wildman–Crippen MR) is 103 cm³/mol. The summed E-state index contributed by atoms with van der Waals surface area (Å²) in [5.74, 6) is -0.574. The van der Waals surface area contributed by atoms with E-state index in [1.165, 1.54) is 0 Å². The second kappa shape index (κ2) is 8.03. The van der Waals surface area contributed by atoms with Crippen LogP contribution in [0.2, 0.25) is 0 Å². The third-order valence-electron chi connectivity index (χ3n) is 4.48. The van der Waals surface area contributed by atoms with Gasteiger partial charge in [0.2, 0.25) is 5.91 Å². The van der Waals surface area contributed by atoms with Crippen LogP contribution in [-0.4, -0.2) is 30.9 Å². The standard InChI is InChI=1S/C21H22N2O4/c1-3-27-21(26)16-9-10-18(14(2)12-16)22-20(25)15-6-4-7-17(13-15)23-11-5-8-19(23)24/h4,6-7,9-10,12-13H,3,5,8,11H2,1-2H3,(H,22,25). The molecule has 27 heavy (non-hydrogen) atoms. The van der Waals surface area contributed by atoms with Crippen molar-refractivity contribution >= 4 is 29.2 Å². The fourth-order valence-electron chi connectivity index (χ4n) is 3.08. The first-order valence-corrected chi connectivity index (χ1v) is 8.99. The molecule has 1 saturated heterocycles. The van der Waals surface area contributed by atoms with Gasteiger partial charge in [0.15, 0.2) is 0 Å². The lowest BCUT2D eigenvalue weighted by Crippen LogP contribution is -2.24. The van der Waals surface area contributed by atoms with E-state index < -0.39 is 0 Å². The van der Waals surface area contributed by atoms with Crippen molar-refractivity contribution in [1.82, 2.24) is 0 Å². The van der Waals surface area contributed by atoms with Crippen LogP contribution in [0.25, 0.3) is 0 Å². The van der Waals surface area contributed by atoms with Crippen molar-refractivity contribution in [3.05, 3.63) is 59.2 Å². The average molecular weight is 366 g/mol. The molecule has 1 aliphatic rings. The van der Waals surface area contributed by atoms with E-state index in [2.05, 4.69) is 5.32 Å². The molecule has 0 atom stereocenters. The number of hydrogen-bond donors (Lipinski definition) is 1. The van der Waals surface area contributed by atoms with Gasteiger partial charge in [-0.05, 0) is 62.2 Å². The van der Waals surface area contributed by atoms with Crippen LogP contribution in [0.4, 0.5) is 11.4 Å². The van der Waals surface area contributed by atoms with Gasteiger partial charge >= 0.3 is 5.97 Å². The summed E-state index contributed by atoms with van der Waals surface area (Å²) in [6.07, 6.45) is 1.38. The van der Waals surface area contributed by atoms with Gasteiger partial charge in [-0.2, -0.15) is 0 Å². The molecule has 1 heterocycles. The SMILES string of the molecule is CCOC(=O)c1ccc(NC(=O)c2cccc(N3CCCC3=O)c2)c(C)c1. The number of nitrogens with one attached hydrogen (secondary N) is 1. The van der Waals surface area contributed by atoms with Crippen LogP contribution in [-0.2, 0) is 9.53 Å². The van der Waals surface area contributed by atoms with Crippen molar-refractivity contribution in [3.8, 4) is 0 Å². The minimum Gasteiger partial charge on any atom is -0.462 e. The third kappa shape index (κ3) is 4.16. The number of carbonyl (C=O) groups is 3. The van der Waals surface area contributed by atoms with Crippen LogP contribution in [0.3, 0.4) is 0 Å². The molecular weight excluding hydrogens is 344 g/mol. The summed E-state index contributed by atoms with van der Waals surface area (Å²) in [6.45, 7) is 4.56. The molecule has 2 amide bonds. The molecule has 1 N–H and O–H groups in total. The van der Waals surface area contributed by atoms with Crippen LogP contribution in [0.15, 0.2) is 42.5 Å². The maximum atomic E-state index is 12.6. The van der Waals surface area contributed by atoms with Gasteiger partial charge in [0.25, 0.3) is 5.91 Å². The summed E-state index contributed by atoms with van der Waals surface area (Å²) in [4.78, 5) is 38.0. The molecule has 0 aromatic heterocycles. The van der Waals surface area contributed by atoms with E-state index in [-0.39, 0.29) is 17.8 Å². The van der Waals surface area contributed by atoms with Crippen molar-refractivity contribution in [2.45, 2.75) is 26.7 Å². The maximum absolute atomic E-state index is 12.6. The number of carbonyl (C=O) groups excluding carboxylic acids is 3. The average Bonchev–Trinajstić information content (AvgIpc) is 3.09. The van der Waals surface area contributed by atoms with Gasteiger partial charge in [-0.1, -0.05) is 6.07 Å². The molecule has 1 aliphatic heterocycles. The highest BCUT2D eigenvalue weighted by molar-refractivity contribution is 6.06. The highest BCUT2D eigenvalue weighted by Crippen LogP contribution is 2.23. The Labute approximate surface area is 158 Å². The molecule has 140 valence electrons. The Morgan fingerprint density at radius 1 is 1.15 bits per heavy atom. The number of ether oxygens (including phenoxy) is 1. The topological polar surface area (TPSA) is 75.7 Å². The Kier molecular flexibility index (Phi) is 5.54. The second-order valence-corrected chi connectivity index (χ2v) is 6.40. The molecular formula is C21H22N2O4. The molecule has 0 unspecified atom stereocenters. The molecule has 0 radical (unpaired) electrons. The van der Waals surface area contributed by atoms with E-state index >= 15 is 0 Å². The van der Waals surface area contributed by atoms with Gasteiger partial charge in [-0.15, -0.1) is 0 Å². The lowest BCUT2D eigenvalue weighted by molar-refractivity contribution is -0.117. The lowest BCUT2D eigenvalue weighted by Gasteiger charge is -2.16. The van der Waals surface area contributed by atoms with Gasteiger partial charge in [0.1, 0.15) is 0 Å².